The molecule has 12 heteroatoms. The van der Waals surface area contributed by atoms with E-state index in [0.717, 1.165) is 11.0 Å². The highest BCUT2D eigenvalue weighted by atomic mass is 32.2. The Hall–Kier alpha value is -3.41. The molecule has 3 aliphatic heterocycles. The summed E-state index contributed by atoms with van der Waals surface area (Å²) in [5.41, 5.74) is 0.0615. The zero-order valence-corrected chi connectivity index (χ0v) is 21.1. The molecule has 0 unspecified atom stereocenters. The van der Waals surface area contributed by atoms with Gasteiger partial charge in [-0.25, -0.2) is 8.42 Å². The molecule has 3 aliphatic rings. The average molecular weight is 550 g/mol. The zero-order chi connectivity index (χ0) is 27.2. The minimum atomic E-state index is -4.53. The summed E-state index contributed by atoms with van der Waals surface area (Å²) in [5, 5.41) is 2.62. The Morgan fingerprint density at radius 2 is 1.79 bits per heavy atom. The number of amides is 3. The minimum absolute atomic E-state index is 0.0278. The topological polar surface area (TPSA) is 104 Å². The second-order valence-corrected chi connectivity index (χ2v) is 12.1. The van der Waals surface area contributed by atoms with E-state index in [2.05, 4.69) is 5.32 Å². The number of piperidine rings is 1. The summed E-state index contributed by atoms with van der Waals surface area (Å²) < 4.78 is 63.8. The zero-order valence-electron chi connectivity index (χ0n) is 20.3. The van der Waals surface area contributed by atoms with Crippen LogP contribution in [-0.2, 0) is 27.4 Å². The first-order chi connectivity index (χ1) is 18.0. The number of fused-ring (bicyclic) bond motifs is 1. The fraction of sp³-hybridized carbons (Fsp3) is 0.423. The van der Waals surface area contributed by atoms with Crippen LogP contribution in [0.15, 0.2) is 42.5 Å². The van der Waals surface area contributed by atoms with Crippen molar-refractivity contribution in [1.82, 2.24) is 10.2 Å². The molecule has 3 amide bonds. The number of sulfone groups is 1. The molecule has 2 aromatic carbocycles. The number of imide groups is 1. The fourth-order valence-corrected chi connectivity index (χ4v) is 7.25. The monoisotopic (exact) mass is 549 g/mol. The number of nitrogens with zero attached hydrogens (tertiary/aromatic N) is 2. The Morgan fingerprint density at radius 1 is 1.03 bits per heavy atom. The first-order valence-electron chi connectivity index (χ1n) is 12.4. The van der Waals surface area contributed by atoms with Crippen LogP contribution < -0.4 is 10.2 Å². The molecule has 2 atom stereocenters. The van der Waals surface area contributed by atoms with Crippen LogP contribution in [0.3, 0.4) is 0 Å². The van der Waals surface area contributed by atoms with Crippen molar-refractivity contribution in [2.75, 3.05) is 29.5 Å². The molecule has 2 saturated heterocycles. The molecule has 0 spiro atoms. The highest BCUT2D eigenvalue weighted by molar-refractivity contribution is 7.91. The Kier molecular flexibility index (Phi) is 6.70. The number of hydrogen-bond donors (Lipinski definition) is 1. The molecule has 202 valence electrons. The SMILES string of the molecule is O=C(NCc1ccccc1C(F)(F)F)[C@H]1CCCN(c2cccc3c2C(=O)N([C@@H]2CCS(=O)(=O)C2)C3=O)C1. The molecule has 0 saturated carbocycles. The van der Waals surface area contributed by atoms with E-state index in [1.807, 2.05) is 4.90 Å². The van der Waals surface area contributed by atoms with Crippen LogP contribution >= 0.6 is 0 Å². The summed E-state index contributed by atoms with van der Waals surface area (Å²) in [5.74, 6) is -2.31. The molecule has 1 N–H and O–H groups in total. The summed E-state index contributed by atoms with van der Waals surface area (Å²) in [4.78, 5) is 42.3. The van der Waals surface area contributed by atoms with Gasteiger partial charge in [0.2, 0.25) is 5.91 Å². The Labute approximate surface area is 217 Å². The average Bonchev–Trinajstić information content (AvgIpc) is 3.37. The van der Waals surface area contributed by atoms with Crippen molar-refractivity contribution in [3.8, 4) is 0 Å². The van der Waals surface area contributed by atoms with Crippen molar-refractivity contribution in [3.63, 3.8) is 0 Å². The molecule has 3 heterocycles. The van der Waals surface area contributed by atoms with Crippen LogP contribution in [0.1, 0.15) is 51.1 Å². The first kappa shape index (κ1) is 26.2. The van der Waals surface area contributed by atoms with Crippen LogP contribution in [0, 0.1) is 5.92 Å². The van der Waals surface area contributed by atoms with E-state index in [9.17, 15) is 36.0 Å². The molecular weight excluding hydrogens is 523 g/mol. The number of alkyl halides is 3. The number of carbonyl (C=O) groups is 3. The number of halogens is 3. The lowest BCUT2D eigenvalue weighted by Gasteiger charge is -2.34. The van der Waals surface area contributed by atoms with Crippen molar-refractivity contribution < 1.29 is 36.0 Å². The lowest BCUT2D eigenvalue weighted by molar-refractivity contribution is -0.138. The second kappa shape index (κ2) is 9.72. The van der Waals surface area contributed by atoms with Gasteiger partial charge < -0.3 is 10.2 Å². The number of benzene rings is 2. The first-order valence-corrected chi connectivity index (χ1v) is 14.2. The molecule has 0 aromatic heterocycles. The summed E-state index contributed by atoms with van der Waals surface area (Å²) in [7, 11) is -3.31. The van der Waals surface area contributed by atoms with Crippen molar-refractivity contribution >= 4 is 33.2 Å². The third kappa shape index (κ3) is 4.89. The molecule has 8 nitrogen and oxygen atoms in total. The second-order valence-electron chi connectivity index (χ2n) is 9.89. The van der Waals surface area contributed by atoms with Gasteiger partial charge in [-0.1, -0.05) is 24.3 Å². The highest BCUT2D eigenvalue weighted by Gasteiger charge is 2.46. The van der Waals surface area contributed by atoms with Gasteiger partial charge in [0.15, 0.2) is 9.84 Å². The maximum absolute atomic E-state index is 13.4. The standard InChI is InChI=1S/C26H26F3N3O5S/c27-26(28,29)20-8-2-1-5-16(20)13-30-23(33)17-6-4-11-31(14-17)21-9-3-7-19-22(21)25(35)32(24(19)34)18-10-12-38(36,37)15-18/h1-3,5,7-9,17-18H,4,6,10-15H2,(H,30,33)/t17-,18+/m0/s1. The van der Waals surface area contributed by atoms with E-state index in [0.29, 0.717) is 25.1 Å². The van der Waals surface area contributed by atoms with Gasteiger partial charge in [0.25, 0.3) is 11.8 Å². The fourth-order valence-electron chi connectivity index (χ4n) is 5.55. The molecule has 2 aromatic rings. The van der Waals surface area contributed by atoms with E-state index < -0.39 is 45.4 Å². The largest absolute Gasteiger partial charge is 0.416 e. The number of rotatable bonds is 5. The smallest absolute Gasteiger partial charge is 0.370 e. The molecule has 0 radical (unpaired) electrons. The lowest BCUT2D eigenvalue weighted by Crippen LogP contribution is -2.44. The number of nitrogens with one attached hydrogen (secondary N) is 1. The minimum Gasteiger partial charge on any atom is -0.370 e. The molecule has 0 aliphatic carbocycles. The third-order valence-corrected chi connectivity index (χ3v) is 9.16. The maximum Gasteiger partial charge on any atom is 0.416 e. The molecular formula is C26H26F3N3O5S. The predicted octanol–water partition coefficient (Wildman–Crippen LogP) is 3.02. The Balaban J connectivity index is 1.31. The quantitative estimate of drug-likeness (QED) is 0.576. The molecule has 5 rings (SSSR count). The van der Waals surface area contributed by atoms with Crippen molar-refractivity contribution in [3.05, 3.63) is 64.7 Å². The van der Waals surface area contributed by atoms with Gasteiger partial charge in [-0.3, -0.25) is 19.3 Å². The maximum atomic E-state index is 13.4. The molecule has 38 heavy (non-hydrogen) atoms. The van der Waals surface area contributed by atoms with Crippen LogP contribution in [0.2, 0.25) is 0 Å². The van der Waals surface area contributed by atoms with E-state index in [1.54, 1.807) is 12.1 Å². The van der Waals surface area contributed by atoms with E-state index in [-0.39, 0.29) is 53.6 Å². The Morgan fingerprint density at radius 3 is 2.50 bits per heavy atom. The van der Waals surface area contributed by atoms with Gasteiger partial charge in [-0.2, -0.15) is 13.2 Å². The van der Waals surface area contributed by atoms with Crippen LogP contribution in [0.4, 0.5) is 18.9 Å². The summed E-state index contributed by atoms with van der Waals surface area (Å²) in [6.07, 6.45) is -3.20. The van der Waals surface area contributed by atoms with Gasteiger partial charge in [0, 0.05) is 19.6 Å². The van der Waals surface area contributed by atoms with Gasteiger partial charge >= 0.3 is 6.18 Å². The number of carbonyl (C=O) groups excluding carboxylic acids is 3. The van der Waals surface area contributed by atoms with Crippen molar-refractivity contribution in [2.45, 2.75) is 38.0 Å². The third-order valence-electron chi connectivity index (χ3n) is 7.41. The van der Waals surface area contributed by atoms with Crippen molar-refractivity contribution in [1.29, 1.82) is 0 Å². The van der Waals surface area contributed by atoms with Gasteiger partial charge in [-0.05, 0) is 43.0 Å². The predicted molar refractivity (Wildman–Crippen MR) is 132 cm³/mol. The molecule has 0 bridgehead atoms. The van der Waals surface area contributed by atoms with Crippen LogP contribution in [0.5, 0.6) is 0 Å². The number of anilines is 1. The lowest BCUT2D eigenvalue weighted by atomic mass is 9.95. The summed E-state index contributed by atoms with van der Waals surface area (Å²) in [6.45, 7) is 0.483. The number of hydrogen-bond acceptors (Lipinski definition) is 6. The van der Waals surface area contributed by atoms with E-state index >= 15 is 0 Å². The highest BCUT2D eigenvalue weighted by Crippen LogP contribution is 2.37. The summed E-state index contributed by atoms with van der Waals surface area (Å²) in [6, 6.07) is 9.25. The van der Waals surface area contributed by atoms with Crippen LogP contribution in [0.25, 0.3) is 0 Å². The van der Waals surface area contributed by atoms with Gasteiger partial charge in [-0.15, -0.1) is 0 Å². The molecule has 2 fully saturated rings. The van der Waals surface area contributed by atoms with E-state index in [1.165, 1.54) is 24.3 Å². The van der Waals surface area contributed by atoms with Gasteiger partial charge in [0.05, 0.1) is 45.8 Å². The van der Waals surface area contributed by atoms with Crippen LogP contribution in [-0.4, -0.2) is 61.7 Å². The van der Waals surface area contributed by atoms with E-state index in [4.69, 9.17) is 0 Å². The normalized spacial score (nSPS) is 23.0. The summed E-state index contributed by atoms with van der Waals surface area (Å²) >= 11 is 0. The van der Waals surface area contributed by atoms with Gasteiger partial charge in [0.1, 0.15) is 0 Å². The Bertz CT molecular complexity index is 1410. The van der Waals surface area contributed by atoms with Crippen molar-refractivity contribution in [2.24, 2.45) is 5.92 Å².